The summed E-state index contributed by atoms with van der Waals surface area (Å²) in [7, 11) is 0. The third-order valence-corrected chi connectivity index (χ3v) is 5.07. The Morgan fingerprint density at radius 1 is 1.00 bits per heavy atom. The molecule has 0 saturated carbocycles. The summed E-state index contributed by atoms with van der Waals surface area (Å²) in [5.74, 6) is -4.67. The number of anilines is 1. The van der Waals surface area contributed by atoms with Crippen molar-refractivity contribution >= 4 is 23.4 Å². The molecule has 1 aromatic heterocycles. The molecule has 2 amide bonds. The molecule has 7 nitrogen and oxygen atoms in total. The van der Waals surface area contributed by atoms with Crippen LogP contribution < -0.4 is 10.6 Å². The predicted molar refractivity (Wildman–Crippen MR) is 114 cm³/mol. The molecular formula is C23H22F2N4O3. The van der Waals surface area contributed by atoms with Crippen molar-refractivity contribution in [1.29, 1.82) is 0 Å². The monoisotopic (exact) mass is 440 g/mol. The average molecular weight is 440 g/mol. The molecule has 166 valence electrons. The van der Waals surface area contributed by atoms with Gasteiger partial charge in [0.25, 0.3) is 5.91 Å². The van der Waals surface area contributed by atoms with Gasteiger partial charge in [-0.2, -0.15) is 5.10 Å². The van der Waals surface area contributed by atoms with Crippen LogP contribution in [0.2, 0.25) is 0 Å². The summed E-state index contributed by atoms with van der Waals surface area (Å²) >= 11 is 0. The number of nitrogens with one attached hydrogen (secondary N) is 3. The molecule has 1 atom stereocenters. The topological polar surface area (TPSA) is 104 Å². The highest BCUT2D eigenvalue weighted by atomic mass is 19.1. The molecule has 0 aliphatic rings. The number of ketones is 1. The number of H-pyrrole nitrogens is 1. The number of hydrogen-bond acceptors (Lipinski definition) is 4. The first-order valence-electron chi connectivity index (χ1n) is 9.81. The zero-order chi connectivity index (χ0) is 23.5. The molecule has 0 aliphatic carbocycles. The molecule has 2 aromatic carbocycles. The fraction of sp³-hybridized carbons (Fsp3) is 0.217. The number of halogens is 2. The van der Waals surface area contributed by atoms with Crippen LogP contribution in [0.15, 0.2) is 54.6 Å². The second-order valence-corrected chi connectivity index (χ2v) is 7.83. The smallest absolute Gasteiger partial charge is 0.293 e. The van der Waals surface area contributed by atoms with E-state index in [2.05, 4.69) is 20.8 Å². The van der Waals surface area contributed by atoms with Crippen LogP contribution in [0.4, 0.5) is 14.6 Å². The molecule has 3 aromatic rings. The summed E-state index contributed by atoms with van der Waals surface area (Å²) in [4.78, 5) is 36.7. The number of nitrogens with zero attached hydrogens (tertiary/aromatic N) is 1. The first-order chi connectivity index (χ1) is 15.1. The number of amides is 2. The van der Waals surface area contributed by atoms with E-state index in [-0.39, 0.29) is 5.82 Å². The van der Waals surface area contributed by atoms with Gasteiger partial charge in [0.2, 0.25) is 11.7 Å². The van der Waals surface area contributed by atoms with E-state index in [4.69, 9.17) is 0 Å². The lowest BCUT2D eigenvalue weighted by molar-refractivity contribution is -0.123. The molecule has 1 heterocycles. The molecule has 0 saturated heterocycles. The van der Waals surface area contributed by atoms with Gasteiger partial charge in [0.15, 0.2) is 5.82 Å². The van der Waals surface area contributed by atoms with Crippen molar-refractivity contribution in [1.82, 2.24) is 15.5 Å². The zero-order valence-corrected chi connectivity index (χ0v) is 17.7. The van der Waals surface area contributed by atoms with Gasteiger partial charge in [-0.3, -0.25) is 19.5 Å². The normalized spacial score (nSPS) is 12.2. The number of rotatable bonds is 7. The Kier molecular flexibility index (Phi) is 6.47. The van der Waals surface area contributed by atoms with Crippen molar-refractivity contribution in [2.24, 2.45) is 0 Å². The highest BCUT2D eigenvalue weighted by molar-refractivity contribution is 6.43. The number of aromatic amines is 1. The van der Waals surface area contributed by atoms with Crippen molar-refractivity contribution in [3.8, 4) is 0 Å². The van der Waals surface area contributed by atoms with Crippen molar-refractivity contribution < 1.29 is 23.2 Å². The largest absolute Gasteiger partial charge is 0.338 e. The Morgan fingerprint density at radius 2 is 1.62 bits per heavy atom. The van der Waals surface area contributed by atoms with Crippen LogP contribution in [0.5, 0.6) is 0 Å². The molecule has 9 heteroatoms. The highest BCUT2D eigenvalue weighted by Gasteiger charge is 2.27. The van der Waals surface area contributed by atoms with Crippen molar-refractivity contribution in [2.45, 2.75) is 32.2 Å². The second-order valence-electron chi connectivity index (χ2n) is 7.83. The van der Waals surface area contributed by atoms with E-state index >= 15 is 0 Å². The van der Waals surface area contributed by atoms with Gasteiger partial charge in [-0.1, -0.05) is 44.2 Å². The van der Waals surface area contributed by atoms with Crippen LogP contribution in [0.1, 0.15) is 42.4 Å². The van der Waals surface area contributed by atoms with Crippen LogP contribution >= 0.6 is 0 Å². The van der Waals surface area contributed by atoms with Crippen LogP contribution in [0.3, 0.4) is 0 Å². The van der Waals surface area contributed by atoms with E-state index in [9.17, 15) is 23.2 Å². The maximum Gasteiger partial charge on any atom is 0.293 e. The van der Waals surface area contributed by atoms with E-state index in [0.29, 0.717) is 6.07 Å². The standard InChI is InChI=1S/C23H22F2N4O3/c1-13(26-22(32)20(30)14-9-16(24)11-17(25)10-14)21(31)27-19-12-18(28-29-19)23(2,3)15-7-5-4-6-8-15/h4-13H,1-3H3,(H,26,32)(H2,27,28,29,31). The van der Waals surface area contributed by atoms with Gasteiger partial charge in [0.1, 0.15) is 17.7 Å². The summed E-state index contributed by atoms with van der Waals surface area (Å²) < 4.78 is 26.6. The number of carbonyl (C=O) groups excluding carboxylic acids is 3. The highest BCUT2D eigenvalue weighted by Crippen LogP contribution is 2.30. The number of hydrogen-bond donors (Lipinski definition) is 3. The van der Waals surface area contributed by atoms with Gasteiger partial charge < -0.3 is 10.6 Å². The molecule has 32 heavy (non-hydrogen) atoms. The fourth-order valence-corrected chi connectivity index (χ4v) is 3.09. The lowest BCUT2D eigenvalue weighted by atomic mass is 9.82. The first-order valence-corrected chi connectivity index (χ1v) is 9.81. The Hall–Kier alpha value is -3.88. The summed E-state index contributed by atoms with van der Waals surface area (Å²) in [6.07, 6.45) is 0. The Bertz CT molecular complexity index is 1140. The maximum atomic E-state index is 13.3. The Balaban J connectivity index is 1.63. The van der Waals surface area contributed by atoms with Gasteiger partial charge in [0.05, 0.1) is 0 Å². The molecule has 0 bridgehead atoms. The van der Waals surface area contributed by atoms with Gasteiger partial charge >= 0.3 is 0 Å². The molecule has 3 N–H and O–H groups in total. The van der Waals surface area contributed by atoms with E-state index in [1.54, 1.807) is 6.07 Å². The van der Waals surface area contributed by atoms with Gasteiger partial charge in [0, 0.05) is 28.8 Å². The molecule has 3 rings (SSSR count). The van der Waals surface area contributed by atoms with E-state index in [0.717, 1.165) is 23.4 Å². The quantitative estimate of drug-likeness (QED) is 0.387. The van der Waals surface area contributed by atoms with Crippen LogP contribution in [-0.2, 0) is 15.0 Å². The number of Topliss-reactive ketones (excluding diaryl/α,β-unsaturated/α-hetero) is 1. The zero-order valence-electron chi connectivity index (χ0n) is 17.7. The lowest BCUT2D eigenvalue weighted by Gasteiger charge is -2.23. The van der Waals surface area contributed by atoms with E-state index in [1.165, 1.54) is 6.92 Å². The van der Waals surface area contributed by atoms with Crippen molar-refractivity contribution in [2.75, 3.05) is 5.32 Å². The minimum Gasteiger partial charge on any atom is -0.338 e. The minimum absolute atomic E-state index is 0.244. The molecular weight excluding hydrogens is 418 g/mol. The number of carbonyl (C=O) groups is 3. The van der Waals surface area contributed by atoms with E-state index in [1.807, 2.05) is 44.2 Å². The summed E-state index contributed by atoms with van der Waals surface area (Å²) in [6.45, 7) is 5.38. The number of aromatic nitrogens is 2. The van der Waals surface area contributed by atoms with E-state index < -0.39 is 46.3 Å². The molecule has 0 fully saturated rings. The van der Waals surface area contributed by atoms with Crippen LogP contribution in [-0.4, -0.2) is 33.8 Å². The third kappa shape index (κ3) is 5.05. The molecule has 0 spiro atoms. The average Bonchev–Trinajstić information content (AvgIpc) is 3.22. The molecule has 0 radical (unpaired) electrons. The summed E-state index contributed by atoms with van der Waals surface area (Å²) in [6, 6.07) is 12.4. The SMILES string of the molecule is CC(NC(=O)C(=O)c1cc(F)cc(F)c1)C(=O)Nc1cc(C(C)(C)c2ccccc2)[nH]n1. The Morgan fingerprint density at radius 3 is 2.25 bits per heavy atom. The first kappa shape index (κ1) is 22.8. The minimum atomic E-state index is -1.16. The molecule has 1 unspecified atom stereocenters. The lowest BCUT2D eigenvalue weighted by Crippen LogP contribution is -2.44. The van der Waals surface area contributed by atoms with Crippen LogP contribution in [0.25, 0.3) is 0 Å². The third-order valence-electron chi connectivity index (χ3n) is 5.07. The second kappa shape index (κ2) is 9.09. The Labute approximate surface area is 183 Å². The number of benzene rings is 2. The van der Waals surface area contributed by atoms with Gasteiger partial charge in [-0.25, -0.2) is 8.78 Å². The van der Waals surface area contributed by atoms with Gasteiger partial charge in [-0.05, 0) is 24.6 Å². The van der Waals surface area contributed by atoms with Gasteiger partial charge in [-0.15, -0.1) is 0 Å². The van der Waals surface area contributed by atoms with Crippen molar-refractivity contribution in [3.05, 3.63) is 83.1 Å². The van der Waals surface area contributed by atoms with Crippen molar-refractivity contribution in [3.63, 3.8) is 0 Å². The summed E-state index contributed by atoms with van der Waals surface area (Å²) in [5, 5.41) is 11.8. The molecule has 0 aliphatic heterocycles. The summed E-state index contributed by atoms with van der Waals surface area (Å²) in [5.41, 5.74) is 0.963. The fourth-order valence-electron chi connectivity index (χ4n) is 3.09. The predicted octanol–water partition coefficient (Wildman–Crippen LogP) is 3.34. The maximum absolute atomic E-state index is 13.3. The van der Waals surface area contributed by atoms with Crippen LogP contribution in [0, 0.1) is 11.6 Å².